The Balaban J connectivity index is 1.84. The van der Waals surface area contributed by atoms with Crippen LogP contribution in [0.1, 0.15) is 48.3 Å². The molecular weight excluding hydrogens is 346 g/mol. The number of carbonyl (C=O) groups is 1. The van der Waals surface area contributed by atoms with Crippen molar-refractivity contribution < 1.29 is 4.79 Å². The molecule has 4 heteroatoms. The molecule has 0 fully saturated rings. The first kappa shape index (κ1) is 19.5. The molecule has 1 unspecified atom stereocenters. The Hall–Kier alpha value is -3.27. The second-order valence-corrected chi connectivity index (χ2v) is 6.84. The zero-order valence-corrected chi connectivity index (χ0v) is 16.3. The fraction of sp³-hybridized carbons (Fsp3) is 0.208. The lowest BCUT2D eigenvalue weighted by atomic mass is 9.99. The SMILES string of the molecule is C=CCC(=O)Nc1cccc(C2C=C(c3cc(C=C)c(CCC)[nH]3)C=CN2)c1. The number of rotatable bonds is 8. The van der Waals surface area contributed by atoms with Crippen molar-refractivity contribution >= 4 is 23.2 Å². The van der Waals surface area contributed by atoms with Gasteiger partial charge in [-0.3, -0.25) is 4.79 Å². The number of hydrogen-bond acceptors (Lipinski definition) is 2. The molecule has 1 amide bonds. The molecule has 144 valence electrons. The van der Waals surface area contributed by atoms with Gasteiger partial charge in [-0.25, -0.2) is 0 Å². The third-order valence-corrected chi connectivity index (χ3v) is 4.71. The highest BCUT2D eigenvalue weighted by atomic mass is 16.1. The largest absolute Gasteiger partial charge is 0.381 e. The average molecular weight is 374 g/mol. The second-order valence-electron chi connectivity index (χ2n) is 6.84. The maximum Gasteiger partial charge on any atom is 0.228 e. The molecule has 1 aliphatic heterocycles. The highest BCUT2D eigenvalue weighted by Crippen LogP contribution is 2.28. The molecule has 0 aliphatic carbocycles. The number of aromatic nitrogens is 1. The van der Waals surface area contributed by atoms with Gasteiger partial charge in [0.15, 0.2) is 0 Å². The summed E-state index contributed by atoms with van der Waals surface area (Å²) >= 11 is 0. The Bertz CT molecular complexity index is 933. The van der Waals surface area contributed by atoms with Crippen molar-refractivity contribution in [2.45, 2.75) is 32.2 Å². The Morgan fingerprint density at radius 2 is 2.14 bits per heavy atom. The van der Waals surface area contributed by atoms with E-state index < -0.39 is 0 Å². The number of amides is 1. The Morgan fingerprint density at radius 3 is 2.89 bits per heavy atom. The first-order valence-corrected chi connectivity index (χ1v) is 9.64. The van der Waals surface area contributed by atoms with Crippen LogP contribution >= 0.6 is 0 Å². The standard InChI is InChI=1S/C24H27N3O/c1-4-8-21-17(6-3)15-23(27-21)19-12-13-25-22(16-19)18-10-7-11-20(14-18)26-24(28)9-5-2/h5-7,10-16,22,25,27H,2-4,8-9H2,1H3,(H,26,28). The summed E-state index contributed by atoms with van der Waals surface area (Å²) in [5.41, 5.74) is 6.49. The predicted octanol–water partition coefficient (Wildman–Crippen LogP) is 5.37. The molecule has 0 bridgehead atoms. The van der Waals surface area contributed by atoms with Gasteiger partial charge in [-0.05, 0) is 59.7 Å². The van der Waals surface area contributed by atoms with E-state index in [1.54, 1.807) is 6.08 Å². The molecule has 0 spiro atoms. The van der Waals surface area contributed by atoms with Crippen molar-refractivity contribution in [2.24, 2.45) is 0 Å². The minimum absolute atomic E-state index is 0.0290. The van der Waals surface area contributed by atoms with Crippen molar-refractivity contribution in [3.8, 4) is 0 Å². The monoisotopic (exact) mass is 373 g/mol. The van der Waals surface area contributed by atoms with Crippen molar-refractivity contribution in [1.82, 2.24) is 10.3 Å². The van der Waals surface area contributed by atoms with E-state index >= 15 is 0 Å². The van der Waals surface area contributed by atoms with Crippen LogP contribution in [0.5, 0.6) is 0 Å². The normalized spacial score (nSPS) is 15.5. The fourth-order valence-electron chi connectivity index (χ4n) is 3.36. The van der Waals surface area contributed by atoms with Crippen LogP contribution in [-0.4, -0.2) is 10.9 Å². The topological polar surface area (TPSA) is 56.9 Å². The van der Waals surface area contributed by atoms with E-state index in [1.165, 1.54) is 5.69 Å². The van der Waals surface area contributed by atoms with Crippen LogP contribution in [-0.2, 0) is 11.2 Å². The summed E-state index contributed by atoms with van der Waals surface area (Å²) in [6, 6.07) is 10.1. The summed E-state index contributed by atoms with van der Waals surface area (Å²) in [5, 5.41) is 6.29. The van der Waals surface area contributed by atoms with Crippen LogP contribution in [0.25, 0.3) is 11.6 Å². The minimum atomic E-state index is -0.0633. The van der Waals surface area contributed by atoms with Gasteiger partial charge in [0.1, 0.15) is 0 Å². The maximum atomic E-state index is 11.8. The van der Waals surface area contributed by atoms with Crippen molar-refractivity contribution in [2.75, 3.05) is 5.32 Å². The number of aromatic amines is 1. The summed E-state index contributed by atoms with van der Waals surface area (Å²) in [7, 11) is 0. The van der Waals surface area contributed by atoms with E-state index in [4.69, 9.17) is 0 Å². The zero-order valence-electron chi connectivity index (χ0n) is 16.3. The van der Waals surface area contributed by atoms with Crippen molar-refractivity contribution in [3.63, 3.8) is 0 Å². The lowest BCUT2D eigenvalue weighted by molar-refractivity contribution is -0.115. The highest BCUT2D eigenvalue weighted by Gasteiger charge is 2.15. The van der Waals surface area contributed by atoms with Crippen LogP contribution in [0.3, 0.4) is 0 Å². The number of dihydropyridines is 1. The zero-order chi connectivity index (χ0) is 19.9. The second kappa shape index (κ2) is 9.09. The molecule has 0 saturated heterocycles. The number of H-pyrrole nitrogens is 1. The molecule has 3 rings (SSSR count). The molecule has 1 atom stereocenters. The van der Waals surface area contributed by atoms with Crippen LogP contribution in [0, 0.1) is 0 Å². The number of anilines is 1. The molecule has 0 radical (unpaired) electrons. The minimum Gasteiger partial charge on any atom is -0.381 e. The highest BCUT2D eigenvalue weighted by molar-refractivity contribution is 5.91. The van der Waals surface area contributed by atoms with Crippen LogP contribution < -0.4 is 10.6 Å². The predicted molar refractivity (Wildman–Crippen MR) is 118 cm³/mol. The van der Waals surface area contributed by atoms with Crippen molar-refractivity contribution in [1.29, 1.82) is 0 Å². The van der Waals surface area contributed by atoms with E-state index in [2.05, 4.69) is 60.0 Å². The molecule has 3 N–H and O–H groups in total. The Kier molecular flexibility index (Phi) is 6.33. The van der Waals surface area contributed by atoms with Crippen molar-refractivity contribution in [3.05, 3.63) is 90.4 Å². The fourth-order valence-corrected chi connectivity index (χ4v) is 3.36. The number of aryl methyl sites for hydroxylation is 1. The smallest absolute Gasteiger partial charge is 0.228 e. The van der Waals surface area contributed by atoms with Gasteiger partial charge >= 0.3 is 0 Å². The van der Waals surface area contributed by atoms with Gasteiger partial charge in [-0.15, -0.1) is 6.58 Å². The average Bonchev–Trinajstić information content (AvgIpc) is 3.12. The maximum absolute atomic E-state index is 11.8. The quantitative estimate of drug-likeness (QED) is 0.545. The van der Waals surface area contributed by atoms with Gasteiger partial charge < -0.3 is 15.6 Å². The van der Waals surface area contributed by atoms with Crippen LogP contribution in [0.2, 0.25) is 0 Å². The summed E-state index contributed by atoms with van der Waals surface area (Å²) in [6.07, 6.45) is 12.1. The number of benzene rings is 1. The van der Waals surface area contributed by atoms with E-state index in [9.17, 15) is 4.79 Å². The van der Waals surface area contributed by atoms with Crippen LogP contribution in [0.4, 0.5) is 5.69 Å². The molecule has 4 nitrogen and oxygen atoms in total. The van der Waals surface area contributed by atoms with Gasteiger partial charge in [0.05, 0.1) is 6.04 Å². The van der Waals surface area contributed by atoms with E-state index in [1.807, 2.05) is 30.5 Å². The summed E-state index contributed by atoms with van der Waals surface area (Å²) in [6.45, 7) is 9.71. The summed E-state index contributed by atoms with van der Waals surface area (Å²) < 4.78 is 0. The third-order valence-electron chi connectivity index (χ3n) is 4.71. The lowest BCUT2D eigenvalue weighted by Crippen LogP contribution is -2.17. The Labute approximate surface area is 166 Å². The van der Waals surface area contributed by atoms with Gasteiger partial charge in [0.2, 0.25) is 5.91 Å². The molecule has 1 aromatic heterocycles. The summed E-state index contributed by atoms with van der Waals surface area (Å²) in [5.74, 6) is -0.0633. The van der Waals surface area contributed by atoms with E-state index in [-0.39, 0.29) is 11.9 Å². The van der Waals surface area contributed by atoms with E-state index in [0.29, 0.717) is 6.42 Å². The molecule has 28 heavy (non-hydrogen) atoms. The number of hydrogen-bond donors (Lipinski definition) is 3. The molecule has 1 aliphatic rings. The van der Waals surface area contributed by atoms with E-state index in [0.717, 1.165) is 40.9 Å². The van der Waals surface area contributed by atoms with Gasteiger partial charge in [0, 0.05) is 23.5 Å². The third kappa shape index (κ3) is 4.52. The first-order chi connectivity index (χ1) is 13.6. The molecule has 2 aromatic rings. The first-order valence-electron chi connectivity index (χ1n) is 9.64. The molecular formula is C24H27N3O. The molecule has 2 heterocycles. The molecule has 1 aromatic carbocycles. The Morgan fingerprint density at radius 1 is 1.29 bits per heavy atom. The van der Waals surface area contributed by atoms with Gasteiger partial charge in [-0.1, -0.05) is 44.2 Å². The van der Waals surface area contributed by atoms with Gasteiger partial charge in [-0.2, -0.15) is 0 Å². The number of carbonyl (C=O) groups excluding carboxylic acids is 1. The molecule has 0 saturated carbocycles. The lowest BCUT2D eigenvalue weighted by Gasteiger charge is -2.20. The number of nitrogens with one attached hydrogen (secondary N) is 3. The number of allylic oxidation sites excluding steroid dienone is 2. The van der Waals surface area contributed by atoms with Crippen LogP contribution in [0.15, 0.2) is 67.9 Å². The van der Waals surface area contributed by atoms with Gasteiger partial charge in [0.25, 0.3) is 0 Å². The summed E-state index contributed by atoms with van der Waals surface area (Å²) in [4.78, 5) is 15.4.